The first-order chi connectivity index (χ1) is 15.8. The molecule has 0 spiro atoms. The minimum Gasteiger partial charge on any atom is -0.350 e. The van der Waals surface area contributed by atoms with Gasteiger partial charge in [0.1, 0.15) is 11.7 Å². The number of nitrogens with zero attached hydrogens (tertiary/aromatic N) is 5. The molecule has 1 N–H and O–H groups in total. The largest absolute Gasteiger partial charge is 0.350 e. The fraction of sp³-hybridized carbons (Fsp3) is 0.182. The van der Waals surface area contributed by atoms with Crippen molar-refractivity contribution in [1.82, 2.24) is 24.6 Å². The summed E-state index contributed by atoms with van der Waals surface area (Å²) >= 11 is 6.00. The van der Waals surface area contributed by atoms with Crippen LogP contribution in [0.4, 0.5) is 5.69 Å². The van der Waals surface area contributed by atoms with Gasteiger partial charge in [-0.1, -0.05) is 41.4 Å². The van der Waals surface area contributed by atoms with E-state index in [4.69, 9.17) is 11.6 Å². The molecule has 2 aromatic heterocycles. The summed E-state index contributed by atoms with van der Waals surface area (Å²) in [6, 6.07) is 11.6. The van der Waals surface area contributed by atoms with Crippen LogP contribution in [0.15, 0.2) is 59.8 Å². The molecule has 2 heterocycles. The fourth-order valence-corrected chi connectivity index (χ4v) is 3.54. The van der Waals surface area contributed by atoms with Crippen LogP contribution in [-0.4, -0.2) is 36.7 Å². The molecule has 0 unspecified atom stereocenters. The van der Waals surface area contributed by atoms with E-state index < -0.39 is 10.8 Å². The number of amides is 1. The molecule has 0 fully saturated rings. The summed E-state index contributed by atoms with van der Waals surface area (Å²) in [6.45, 7) is 2.80. The number of rotatable bonds is 7. The van der Waals surface area contributed by atoms with Gasteiger partial charge in [0.2, 0.25) is 0 Å². The van der Waals surface area contributed by atoms with Crippen LogP contribution in [0.2, 0.25) is 5.02 Å². The summed E-state index contributed by atoms with van der Waals surface area (Å²) in [5.41, 5.74) is 2.10. The highest BCUT2D eigenvalue weighted by atomic mass is 35.5. The van der Waals surface area contributed by atoms with Crippen molar-refractivity contribution in [3.8, 4) is 0 Å². The Hall–Kier alpha value is -4.05. The monoisotopic (exact) mass is 466 g/mol. The van der Waals surface area contributed by atoms with Crippen LogP contribution < -0.4 is 10.9 Å². The molecule has 0 saturated heterocycles. The molecule has 11 heteroatoms. The number of aryl methyl sites for hydroxylation is 1. The Balaban J connectivity index is 1.45. The van der Waals surface area contributed by atoms with Crippen LogP contribution in [-0.2, 0) is 13.1 Å². The van der Waals surface area contributed by atoms with E-state index in [1.165, 1.54) is 33.9 Å². The SMILES string of the molecule is Cc1ccc(Cn2cnc3c(cnn3CCNC(=O)c3cc([N+](=O)[O-])ccc3Cl)c2=O)cc1. The van der Waals surface area contributed by atoms with Crippen LogP contribution >= 0.6 is 11.6 Å². The van der Waals surface area contributed by atoms with Crippen molar-refractivity contribution < 1.29 is 9.72 Å². The van der Waals surface area contributed by atoms with Crippen LogP contribution in [0.3, 0.4) is 0 Å². The standard InChI is InChI=1S/C22H19ClN6O4/c1-14-2-4-15(5-3-14)12-27-13-25-20-18(22(27)31)11-26-28(20)9-8-24-21(30)17-10-16(29(32)33)6-7-19(17)23/h2-7,10-11,13H,8-9,12H2,1H3,(H,24,30). The average molecular weight is 467 g/mol. The van der Waals surface area contributed by atoms with Crippen LogP contribution in [0, 0.1) is 17.0 Å². The molecular weight excluding hydrogens is 448 g/mol. The van der Waals surface area contributed by atoms with Gasteiger partial charge in [0.25, 0.3) is 17.2 Å². The number of aromatic nitrogens is 4. The normalized spacial score (nSPS) is 11.0. The molecule has 33 heavy (non-hydrogen) atoms. The van der Waals surface area contributed by atoms with Gasteiger partial charge in [0.05, 0.1) is 34.8 Å². The summed E-state index contributed by atoms with van der Waals surface area (Å²) in [5, 5.41) is 18.3. The maximum absolute atomic E-state index is 12.8. The molecule has 0 atom stereocenters. The number of carbonyl (C=O) groups excluding carboxylic acids is 1. The highest BCUT2D eigenvalue weighted by Gasteiger charge is 2.16. The maximum atomic E-state index is 12.8. The number of hydrogen-bond donors (Lipinski definition) is 1. The maximum Gasteiger partial charge on any atom is 0.270 e. The lowest BCUT2D eigenvalue weighted by atomic mass is 10.1. The van der Waals surface area contributed by atoms with Gasteiger partial charge in [-0.3, -0.25) is 24.3 Å². The molecular formula is C22H19ClN6O4. The van der Waals surface area contributed by atoms with Crippen LogP contribution in [0.25, 0.3) is 11.0 Å². The van der Waals surface area contributed by atoms with Gasteiger partial charge in [-0.05, 0) is 18.6 Å². The third-order valence-electron chi connectivity index (χ3n) is 5.11. The molecule has 0 aliphatic rings. The topological polar surface area (TPSA) is 125 Å². The Labute approximate surface area is 192 Å². The third kappa shape index (κ3) is 4.75. The molecule has 4 rings (SSSR count). The molecule has 1 amide bonds. The smallest absolute Gasteiger partial charge is 0.270 e. The average Bonchev–Trinajstić information content (AvgIpc) is 3.21. The molecule has 10 nitrogen and oxygen atoms in total. The second-order valence-electron chi connectivity index (χ2n) is 7.45. The van der Waals surface area contributed by atoms with Gasteiger partial charge in [-0.2, -0.15) is 5.10 Å². The predicted octanol–water partition coefficient (Wildman–Crippen LogP) is 2.94. The zero-order chi connectivity index (χ0) is 23.5. The summed E-state index contributed by atoms with van der Waals surface area (Å²) in [7, 11) is 0. The molecule has 0 aliphatic carbocycles. The number of hydrogen-bond acceptors (Lipinski definition) is 6. The Morgan fingerprint density at radius 2 is 1.97 bits per heavy atom. The number of carbonyl (C=O) groups is 1. The zero-order valence-electron chi connectivity index (χ0n) is 17.6. The fourth-order valence-electron chi connectivity index (χ4n) is 3.34. The van der Waals surface area contributed by atoms with E-state index in [0.717, 1.165) is 17.2 Å². The number of nitro benzene ring substituents is 1. The summed E-state index contributed by atoms with van der Waals surface area (Å²) in [6.07, 6.45) is 2.93. The van der Waals surface area contributed by atoms with Crippen molar-refractivity contribution in [2.45, 2.75) is 20.0 Å². The second kappa shape index (κ2) is 9.21. The lowest BCUT2D eigenvalue weighted by Crippen LogP contribution is -2.28. The van der Waals surface area contributed by atoms with Crippen molar-refractivity contribution in [1.29, 1.82) is 0 Å². The van der Waals surface area contributed by atoms with Crippen molar-refractivity contribution in [2.75, 3.05) is 6.54 Å². The predicted molar refractivity (Wildman–Crippen MR) is 123 cm³/mol. The van der Waals surface area contributed by atoms with E-state index in [1.54, 1.807) is 0 Å². The van der Waals surface area contributed by atoms with E-state index in [-0.39, 0.29) is 34.9 Å². The number of benzene rings is 2. The van der Waals surface area contributed by atoms with Crippen molar-refractivity contribution in [3.05, 3.63) is 97.2 Å². The summed E-state index contributed by atoms with van der Waals surface area (Å²) in [5.74, 6) is -0.548. The minimum atomic E-state index is -0.597. The number of halogens is 1. The number of fused-ring (bicyclic) bond motifs is 1. The van der Waals surface area contributed by atoms with Gasteiger partial charge in [0.15, 0.2) is 5.65 Å². The lowest BCUT2D eigenvalue weighted by molar-refractivity contribution is -0.384. The third-order valence-corrected chi connectivity index (χ3v) is 5.44. The first-order valence-corrected chi connectivity index (χ1v) is 10.4. The molecule has 0 bridgehead atoms. The first kappa shape index (κ1) is 22.2. The first-order valence-electron chi connectivity index (χ1n) is 10.0. The van der Waals surface area contributed by atoms with E-state index in [0.29, 0.717) is 17.6 Å². The van der Waals surface area contributed by atoms with Crippen molar-refractivity contribution >= 4 is 34.2 Å². The molecule has 4 aromatic rings. The number of non-ortho nitro benzene ring substituents is 1. The Morgan fingerprint density at radius 3 is 2.70 bits per heavy atom. The summed E-state index contributed by atoms with van der Waals surface area (Å²) in [4.78, 5) is 40.0. The minimum absolute atomic E-state index is 0.00769. The van der Waals surface area contributed by atoms with Crippen LogP contribution in [0.1, 0.15) is 21.5 Å². The molecule has 0 radical (unpaired) electrons. The highest BCUT2D eigenvalue weighted by Crippen LogP contribution is 2.21. The van der Waals surface area contributed by atoms with Crippen molar-refractivity contribution in [3.63, 3.8) is 0 Å². The van der Waals surface area contributed by atoms with E-state index in [1.807, 2.05) is 31.2 Å². The van der Waals surface area contributed by atoms with Gasteiger partial charge in [-0.15, -0.1) is 0 Å². The lowest BCUT2D eigenvalue weighted by Gasteiger charge is -2.08. The van der Waals surface area contributed by atoms with E-state index >= 15 is 0 Å². The zero-order valence-corrected chi connectivity index (χ0v) is 18.3. The van der Waals surface area contributed by atoms with E-state index in [9.17, 15) is 19.7 Å². The molecule has 0 aliphatic heterocycles. The number of nitro groups is 1. The quantitative estimate of drug-likeness (QED) is 0.330. The Kier molecular flexibility index (Phi) is 6.18. The second-order valence-corrected chi connectivity index (χ2v) is 7.85. The number of nitrogens with one attached hydrogen (secondary N) is 1. The van der Waals surface area contributed by atoms with Gasteiger partial charge < -0.3 is 5.32 Å². The molecule has 0 saturated carbocycles. The molecule has 168 valence electrons. The Morgan fingerprint density at radius 1 is 1.21 bits per heavy atom. The van der Waals surface area contributed by atoms with E-state index in [2.05, 4.69) is 15.4 Å². The van der Waals surface area contributed by atoms with Gasteiger partial charge in [0, 0.05) is 18.7 Å². The summed E-state index contributed by atoms with van der Waals surface area (Å²) < 4.78 is 3.04. The van der Waals surface area contributed by atoms with Crippen molar-refractivity contribution in [2.24, 2.45) is 0 Å². The van der Waals surface area contributed by atoms with Crippen LogP contribution in [0.5, 0.6) is 0 Å². The van der Waals surface area contributed by atoms with Gasteiger partial charge in [-0.25, -0.2) is 9.67 Å². The highest BCUT2D eigenvalue weighted by molar-refractivity contribution is 6.33. The van der Waals surface area contributed by atoms with Gasteiger partial charge >= 0.3 is 0 Å². The molecule has 2 aromatic carbocycles. The Bertz CT molecular complexity index is 1410.